The van der Waals surface area contributed by atoms with E-state index >= 15 is 0 Å². The molecule has 0 spiro atoms. The normalized spacial score (nSPS) is 23.0. The minimum absolute atomic E-state index is 0.0233. The van der Waals surface area contributed by atoms with Crippen molar-refractivity contribution in [3.05, 3.63) is 30.6 Å². The number of nitrogens with one attached hydrogen (secondary N) is 1. The lowest BCUT2D eigenvalue weighted by Crippen LogP contribution is -2.52. The van der Waals surface area contributed by atoms with Gasteiger partial charge in [0.2, 0.25) is 11.8 Å². The van der Waals surface area contributed by atoms with Crippen molar-refractivity contribution in [3.8, 4) is 11.1 Å². The van der Waals surface area contributed by atoms with E-state index < -0.39 is 6.09 Å². The summed E-state index contributed by atoms with van der Waals surface area (Å²) in [5, 5.41) is 7.35. The van der Waals surface area contributed by atoms with Gasteiger partial charge in [-0.15, -0.1) is 0 Å². The monoisotopic (exact) mass is 481 g/mol. The van der Waals surface area contributed by atoms with Crippen molar-refractivity contribution < 1.29 is 23.9 Å². The Labute approximate surface area is 204 Å². The zero-order valence-electron chi connectivity index (χ0n) is 20.1. The average Bonchev–Trinajstić information content (AvgIpc) is 3.34. The SMILES string of the molecule is CC(=O)N1c2ccc(-c3cnn(C4CCNC(=O)C4)c3)cc2N(C(=O)OC2CCOCC2)CC1C. The number of hydrogen-bond acceptors (Lipinski definition) is 6. The van der Waals surface area contributed by atoms with Crippen molar-refractivity contribution in [1.82, 2.24) is 15.1 Å². The van der Waals surface area contributed by atoms with Crippen LogP contribution in [0.1, 0.15) is 45.6 Å². The number of piperidine rings is 1. The molecule has 5 rings (SSSR count). The summed E-state index contributed by atoms with van der Waals surface area (Å²) in [6.45, 7) is 5.61. The van der Waals surface area contributed by atoms with Crippen LogP contribution in [0.15, 0.2) is 30.6 Å². The molecule has 2 atom stereocenters. The molecule has 35 heavy (non-hydrogen) atoms. The van der Waals surface area contributed by atoms with Crippen LogP contribution in [0.2, 0.25) is 0 Å². The van der Waals surface area contributed by atoms with E-state index in [1.807, 2.05) is 36.0 Å². The molecule has 2 aromatic rings. The van der Waals surface area contributed by atoms with E-state index in [1.165, 1.54) is 6.92 Å². The van der Waals surface area contributed by atoms with Gasteiger partial charge < -0.3 is 19.7 Å². The number of rotatable bonds is 3. The first-order valence-electron chi connectivity index (χ1n) is 12.2. The van der Waals surface area contributed by atoms with Gasteiger partial charge in [0, 0.05) is 51.0 Å². The largest absolute Gasteiger partial charge is 0.446 e. The molecule has 1 N–H and O–H groups in total. The summed E-state index contributed by atoms with van der Waals surface area (Å²) in [5.41, 5.74) is 3.07. The highest BCUT2D eigenvalue weighted by Crippen LogP contribution is 2.39. The lowest BCUT2D eigenvalue weighted by Gasteiger charge is -2.41. The smallest absolute Gasteiger partial charge is 0.414 e. The van der Waals surface area contributed by atoms with Crippen LogP contribution in [0.5, 0.6) is 0 Å². The van der Waals surface area contributed by atoms with E-state index in [4.69, 9.17) is 9.47 Å². The topological polar surface area (TPSA) is 106 Å². The van der Waals surface area contributed by atoms with Crippen molar-refractivity contribution in [2.45, 2.75) is 57.7 Å². The number of carbonyl (C=O) groups is 3. The minimum Gasteiger partial charge on any atom is -0.446 e. The van der Waals surface area contributed by atoms with Gasteiger partial charge in [-0.3, -0.25) is 19.2 Å². The zero-order valence-corrected chi connectivity index (χ0v) is 20.1. The lowest BCUT2D eigenvalue weighted by molar-refractivity contribution is -0.123. The molecule has 0 aliphatic carbocycles. The van der Waals surface area contributed by atoms with E-state index in [0.29, 0.717) is 56.9 Å². The molecule has 0 saturated carbocycles. The van der Waals surface area contributed by atoms with Crippen LogP contribution in [0.25, 0.3) is 11.1 Å². The number of fused-ring (bicyclic) bond motifs is 1. The van der Waals surface area contributed by atoms with Gasteiger partial charge >= 0.3 is 6.09 Å². The van der Waals surface area contributed by atoms with Gasteiger partial charge in [-0.2, -0.15) is 5.10 Å². The van der Waals surface area contributed by atoms with E-state index in [1.54, 1.807) is 16.0 Å². The van der Waals surface area contributed by atoms with E-state index in [-0.39, 0.29) is 30.0 Å². The zero-order chi connectivity index (χ0) is 24.5. The second-order valence-electron chi connectivity index (χ2n) is 9.45. The Bertz CT molecular complexity index is 1130. The van der Waals surface area contributed by atoms with Gasteiger partial charge in [0.15, 0.2) is 0 Å². The molecule has 186 valence electrons. The van der Waals surface area contributed by atoms with Crippen LogP contribution < -0.4 is 15.1 Å². The summed E-state index contributed by atoms with van der Waals surface area (Å²) in [4.78, 5) is 40.9. The van der Waals surface area contributed by atoms with Gasteiger partial charge in [-0.1, -0.05) is 6.07 Å². The van der Waals surface area contributed by atoms with Crippen LogP contribution in [-0.4, -0.2) is 66.1 Å². The second-order valence-corrected chi connectivity index (χ2v) is 9.45. The van der Waals surface area contributed by atoms with Crippen molar-refractivity contribution >= 4 is 29.3 Å². The average molecular weight is 482 g/mol. The fourth-order valence-electron chi connectivity index (χ4n) is 5.14. The van der Waals surface area contributed by atoms with Crippen molar-refractivity contribution in [3.63, 3.8) is 0 Å². The lowest BCUT2D eigenvalue weighted by atomic mass is 10.0. The van der Waals surface area contributed by atoms with E-state index in [9.17, 15) is 14.4 Å². The maximum atomic E-state index is 13.2. The third-order valence-corrected chi connectivity index (χ3v) is 6.94. The quantitative estimate of drug-likeness (QED) is 0.723. The Morgan fingerprint density at radius 3 is 2.69 bits per heavy atom. The molecule has 2 fully saturated rings. The summed E-state index contributed by atoms with van der Waals surface area (Å²) in [6.07, 6.45) is 5.72. The Kier molecular flexibility index (Phi) is 6.46. The van der Waals surface area contributed by atoms with Crippen LogP contribution in [-0.2, 0) is 19.1 Å². The fourth-order valence-corrected chi connectivity index (χ4v) is 5.14. The number of nitrogens with zero attached hydrogens (tertiary/aromatic N) is 4. The van der Waals surface area contributed by atoms with Gasteiger partial charge in [-0.25, -0.2) is 4.79 Å². The van der Waals surface area contributed by atoms with Crippen LogP contribution in [0.3, 0.4) is 0 Å². The second kappa shape index (κ2) is 9.69. The number of hydrogen-bond donors (Lipinski definition) is 1. The third kappa shape index (κ3) is 4.75. The van der Waals surface area contributed by atoms with E-state index in [0.717, 1.165) is 17.5 Å². The minimum atomic E-state index is -0.408. The van der Waals surface area contributed by atoms with Crippen LogP contribution in [0.4, 0.5) is 16.2 Å². The Morgan fingerprint density at radius 1 is 1.14 bits per heavy atom. The Morgan fingerprint density at radius 2 is 1.94 bits per heavy atom. The summed E-state index contributed by atoms with van der Waals surface area (Å²) >= 11 is 0. The first-order valence-corrected chi connectivity index (χ1v) is 12.2. The molecule has 3 amide bonds. The van der Waals surface area contributed by atoms with Crippen LogP contribution in [0, 0.1) is 0 Å². The number of aromatic nitrogens is 2. The summed E-state index contributed by atoms with van der Waals surface area (Å²) < 4.78 is 13.0. The molecule has 10 heteroatoms. The molecule has 4 heterocycles. The maximum absolute atomic E-state index is 13.2. The molecule has 3 aliphatic rings. The van der Waals surface area contributed by atoms with Gasteiger partial charge in [0.25, 0.3) is 0 Å². The first kappa shape index (κ1) is 23.3. The summed E-state index contributed by atoms with van der Waals surface area (Å²) in [7, 11) is 0. The molecule has 0 bridgehead atoms. The molecular weight excluding hydrogens is 450 g/mol. The van der Waals surface area contributed by atoms with E-state index in [2.05, 4.69) is 10.4 Å². The van der Waals surface area contributed by atoms with Crippen LogP contribution >= 0.6 is 0 Å². The van der Waals surface area contributed by atoms with Gasteiger partial charge in [0.1, 0.15) is 6.10 Å². The standard InChI is InChI=1S/C25H31N5O5/c1-16-14-28(25(33)35-21-6-9-34-10-7-21)23-11-18(3-4-22(23)30(16)17(2)31)19-13-27-29(15-19)20-5-8-26-24(32)12-20/h3-4,11,13,15-16,20-21H,5-10,12,14H2,1-2H3,(H,26,32). The number of ether oxygens (including phenoxy) is 2. The summed E-state index contributed by atoms with van der Waals surface area (Å²) in [5.74, 6) is -0.0449. The fraction of sp³-hybridized carbons (Fsp3) is 0.520. The highest BCUT2D eigenvalue weighted by molar-refractivity contribution is 6.03. The third-order valence-electron chi connectivity index (χ3n) is 6.94. The molecule has 10 nitrogen and oxygen atoms in total. The maximum Gasteiger partial charge on any atom is 0.414 e. The summed E-state index contributed by atoms with van der Waals surface area (Å²) in [6, 6.07) is 5.56. The molecule has 2 unspecified atom stereocenters. The van der Waals surface area contributed by atoms with Gasteiger partial charge in [0.05, 0.1) is 42.9 Å². The number of benzene rings is 1. The van der Waals surface area contributed by atoms with Gasteiger partial charge in [-0.05, 0) is 31.0 Å². The Hall–Kier alpha value is -3.40. The van der Waals surface area contributed by atoms with Crippen molar-refractivity contribution in [2.24, 2.45) is 0 Å². The molecular formula is C25H31N5O5. The predicted octanol–water partition coefficient (Wildman–Crippen LogP) is 2.88. The number of carbonyl (C=O) groups excluding carboxylic acids is 3. The molecule has 1 aromatic carbocycles. The Balaban J connectivity index is 1.45. The predicted molar refractivity (Wildman–Crippen MR) is 129 cm³/mol. The number of amides is 3. The highest BCUT2D eigenvalue weighted by Gasteiger charge is 2.35. The molecule has 1 aromatic heterocycles. The van der Waals surface area contributed by atoms with Crippen molar-refractivity contribution in [2.75, 3.05) is 36.1 Å². The highest BCUT2D eigenvalue weighted by atomic mass is 16.6. The molecule has 3 aliphatic heterocycles. The molecule has 0 radical (unpaired) electrons. The number of anilines is 2. The van der Waals surface area contributed by atoms with Crippen molar-refractivity contribution in [1.29, 1.82) is 0 Å². The molecule has 2 saturated heterocycles. The first-order chi connectivity index (χ1) is 16.9.